The van der Waals surface area contributed by atoms with E-state index in [1.807, 2.05) is 13.0 Å². The Kier molecular flexibility index (Phi) is 3.75. The van der Waals surface area contributed by atoms with E-state index in [-0.39, 0.29) is 5.82 Å². The molecule has 0 bridgehead atoms. The molecule has 0 fully saturated rings. The highest BCUT2D eigenvalue weighted by Gasteiger charge is 2.06. The summed E-state index contributed by atoms with van der Waals surface area (Å²) in [5.74, 6) is 0.580. The Balaban J connectivity index is 2.05. The second-order valence-electron chi connectivity index (χ2n) is 4.06. The molecule has 1 aromatic heterocycles. The smallest absolute Gasteiger partial charge is 0.271 e. The number of nitrogens with zero attached hydrogens (tertiary/aromatic N) is 1. The molecule has 5 heteroatoms. The minimum atomic E-state index is -0.400. The van der Waals surface area contributed by atoms with Gasteiger partial charge in [0, 0.05) is 5.56 Å². The van der Waals surface area contributed by atoms with Gasteiger partial charge < -0.3 is 4.42 Å². The lowest BCUT2D eigenvalue weighted by Gasteiger charge is -2.01. The molecule has 1 heterocycles. The zero-order chi connectivity index (χ0) is 13.8. The number of benzene rings is 1. The third kappa shape index (κ3) is 3.28. The van der Waals surface area contributed by atoms with Crippen molar-refractivity contribution in [2.45, 2.75) is 13.8 Å². The third-order valence-corrected chi connectivity index (χ3v) is 2.53. The molecule has 0 radical (unpaired) electrons. The number of carbonyl (C=O) groups is 1. The van der Waals surface area contributed by atoms with Crippen LogP contribution in [-0.4, -0.2) is 11.6 Å². The van der Waals surface area contributed by atoms with Crippen molar-refractivity contribution < 1.29 is 13.6 Å². The number of furan rings is 1. The minimum Gasteiger partial charge on any atom is -0.460 e. The van der Waals surface area contributed by atoms with E-state index in [4.69, 9.17) is 4.42 Å². The monoisotopic (exact) mass is 260 g/mol. The first-order valence-electron chi connectivity index (χ1n) is 5.73. The molecule has 0 aliphatic heterocycles. The maximum atomic E-state index is 12.7. The zero-order valence-corrected chi connectivity index (χ0v) is 10.6. The average molecular weight is 260 g/mol. The van der Waals surface area contributed by atoms with Gasteiger partial charge in [-0.1, -0.05) is 0 Å². The normalized spacial score (nSPS) is 11.4. The van der Waals surface area contributed by atoms with Crippen molar-refractivity contribution in [2.75, 3.05) is 0 Å². The Bertz CT molecular complexity index is 615. The SMILES string of the molecule is C/C(=N/NC(=O)c1ccc(F)cc1)c1ccc(C)o1. The maximum Gasteiger partial charge on any atom is 0.271 e. The highest BCUT2D eigenvalue weighted by atomic mass is 19.1. The molecule has 0 aliphatic carbocycles. The van der Waals surface area contributed by atoms with Gasteiger partial charge in [-0.2, -0.15) is 5.10 Å². The Hall–Kier alpha value is -2.43. The fourth-order valence-corrected chi connectivity index (χ4v) is 1.48. The fourth-order valence-electron chi connectivity index (χ4n) is 1.48. The summed E-state index contributed by atoms with van der Waals surface area (Å²) in [6.07, 6.45) is 0. The number of rotatable bonds is 3. The second kappa shape index (κ2) is 5.48. The number of aryl methyl sites for hydroxylation is 1. The summed E-state index contributed by atoms with van der Waals surface area (Å²) in [4.78, 5) is 11.7. The van der Waals surface area contributed by atoms with Gasteiger partial charge in [-0.25, -0.2) is 9.82 Å². The Morgan fingerprint density at radius 3 is 2.47 bits per heavy atom. The molecule has 0 saturated heterocycles. The van der Waals surface area contributed by atoms with Crippen LogP contribution in [0.15, 0.2) is 45.9 Å². The predicted molar refractivity (Wildman–Crippen MR) is 69.5 cm³/mol. The van der Waals surface area contributed by atoms with Crippen LogP contribution in [-0.2, 0) is 0 Å². The topological polar surface area (TPSA) is 54.6 Å². The quantitative estimate of drug-likeness (QED) is 0.681. The standard InChI is InChI=1S/C14H13FN2O2/c1-9-3-8-13(19-9)10(2)16-17-14(18)11-4-6-12(15)7-5-11/h3-8H,1-2H3,(H,17,18)/b16-10-. The summed E-state index contributed by atoms with van der Waals surface area (Å²) in [7, 11) is 0. The van der Waals surface area contributed by atoms with Crippen LogP contribution in [0.2, 0.25) is 0 Å². The van der Waals surface area contributed by atoms with E-state index in [0.717, 1.165) is 5.76 Å². The van der Waals surface area contributed by atoms with Gasteiger partial charge in [0.15, 0.2) is 0 Å². The van der Waals surface area contributed by atoms with Crippen LogP contribution in [0.4, 0.5) is 4.39 Å². The molecule has 0 saturated carbocycles. The van der Waals surface area contributed by atoms with Crippen LogP contribution in [0.3, 0.4) is 0 Å². The number of nitrogens with one attached hydrogen (secondary N) is 1. The molecule has 4 nitrogen and oxygen atoms in total. The Morgan fingerprint density at radius 1 is 1.21 bits per heavy atom. The molecular weight excluding hydrogens is 247 g/mol. The van der Waals surface area contributed by atoms with Crippen molar-refractivity contribution in [3.05, 3.63) is 59.3 Å². The number of hydrazone groups is 1. The van der Waals surface area contributed by atoms with Gasteiger partial charge in [-0.3, -0.25) is 4.79 Å². The molecule has 1 N–H and O–H groups in total. The molecule has 0 spiro atoms. The van der Waals surface area contributed by atoms with E-state index in [2.05, 4.69) is 10.5 Å². The largest absolute Gasteiger partial charge is 0.460 e. The first kappa shape index (κ1) is 13.0. The van der Waals surface area contributed by atoms with Crippen LogP contribution in [0, 0.1) is 12.7 Å². The predicted octanol–water partition coefficient (Wildman–Crippen LogP) is 2.88. The number of carbonyl (C=O) groups excluding carboxylic acids is 1. The molecule has 2 aromatic rings. The zero-order valence-electron chi connectivity index (χ0n) is 10.6. The summed E-state index contributed by atoms with van der Waals surface area (Å²) < 4.78 is 18.1. The van der Waals surface area contributed by atoms with E-state index in [0.29, 0.717) is 17.0 Å². The lowest BCUT2D eigenvalue weighted by molar-refractivity contribution is 0.0955. The van der Waals surface area contributed by atoms with Gasteiger partial charge in [0.1, 0.15) is 23.0 Å². The molecule has 0 aliphatic rings. The van der Waals surface area contributed by atoms with Crippen molar-refractivity contribution in [1.29, 1.82) is 0 Å². The van der Waals surface area contributed by atoms with Crippen molar-refractivity contribution in [2.24, 2.45) is 5.10 Å². The van der Waals surface area contributed by atoms with Gasteiger partial charge in [0.25, 0.3) is 5.91 Å². The van der Waals surface area contributed by atoms with Crippen molar-refractivity contribution in [3.63, 3.8) is 0 Å². The molecule has 1 amide bonds. The Morgan fingerprint density at radius 2 is 1.89 bits per heavy atom. The summed E-state index contributed by atoms with van der Waals surface area (Å²) in [6, 6.07) is 8.83. The lowest BCUT2D eigenvalue weighted by atomic mass is 10.2. The molecule has 1 aromatic carbocycles. The van der Waals surface area contributed by atoms with E-state index in [1.165, 1.54) is 24.3 Å². The van der Waals surface area contributed by atoms with Crippen LogP contribution < -0.4 is 5.43 Å². The summed E-state index contributed by atoms with van der Waals surface area (Å²) >= 11 is 0. The summed E-state index contributed by atoms with van der Waals surface area (Å²) in [5.41, 5.74) is 3.29. The molecule has 2 rings (SSSR count). The Labute approximate surface area is 109 Å². The van der Waals surface area contributed by atoms with Crippen molar-refractivity contribution in [1.82, 2.24) is 5.43 Å². The van der Waals surface area contributed by atoms with E-state index in [9.17, 15) is 9.18 Å². The van der Waals surface area contributed by atoms with Gasteiger partial charge in [-0.15, -0.1) is 0 Å². The minimum absolute atomic E-state index is 0.341. The van der Waals surface area contributed by atoms with Crippen LogP contribution in [0.25, 0.3) is 0 Å². The van der Waals surface area contributed by atoms with Crippen LogP contribution >= 0.6 is 0 Å². The van der Waals surface area contributed by atoms with Gasteiger partial charge in [0.2, 0.25) is 0 Å². The first-order chi connectivity index (χ1) is 9.06. The fraction of sp³-hybridized carbons (Fsp3) is 0.143. The second-order valence-corrected chi connectivity index (χ2v) is 4.06. The summed E-state index contributed by atoms with van der Waals surface area (Å²) in [5, 5.41) is 3.94. The van der Waals surface area contributed by atoms with Gasteiger partial charge in [-0.05, 0) is 50.2 Å². The molecule has 0 unspecified atom stereocenters. The van der Waals surface area contributed by atoms with E-state index in [1.54, 1.807) is 13.0 Å². The average Bonchev–Trinajstić information content (AvgIpc) is 2.83. The van der Waals surface area contributed by atoms with E-state index >= 15 is 0 Å². The number of amides is 1. The van der Waals surface area contributed by atoms with Crippen molar-refractivity contribution >= 4 is 11.6 Å². The first-order valence-corrected chi connectivity index (χ1v) is 5.73. The molecule has 19 heavy (non-hydrogen) atoms. The van der Waals surface area contributed by atoms with Crippen LogP contribution in [0.5, 0.6) is 0 Å². The highest BCUT2D eigenvalue weighted by molar-refractivity contribution is 5.99. The third-order valence-electron chi connectivity index (χ3n) is 2.53. The highest BCUT2D eigenvalue weighted by Crippen LogP contribution is 2.07. The van der Waals surface area contributed by atoms with Gasteiger partial charge in [0.05, 0.1) is 0 Å². The molecule has 98 valence electrons. The maximum absolute atomic E-state index is 12.7. The summed E-state index contributed by atoms with van der Waals surface area (Å²) in [6.45, 7) is 3.55. The van der Waals surface area contributed by atoms with Gasteiger partial charge >= 0.3 is 0 Å². The van der Waals surface area contributed by atoms with E-state index < -0.39 is 5.91 Å². The molecular formula is C14H13FN2O2. The molecule has 0 atom stereocenters. The number of hydrogen-bond donors (Lipinski definition) is 1. The number of hydrogen-bond acceptors (Lipinski definition) is 3. The van der Waals surface area contributed by atoms with Crippen molar-refractivity contribution in [3.8, 4) is 0 Å². The lowest BCUT2D eigenvalue weighted by Crippen LogP contribution is -2.19. The van der Waals surface area contributed by atoms with Crippen LogP contribution in [0.1, 0.15) is 28.8 Å². The number of halogens is 1.